The average molecular weight is 510 g/mol. The maximum Gasteiger partial charge on any atom is 0.338 e. The molecule has 0 aliphatic carbocycles. The number of amides is 1. The monoisotopic (exact) mass is 509 g/mol. The molecule has 0 unspecified atom stereocenters. The van der Waals surface area contributed by atoms with Gasteiger partial charge >= 0.3 is 5.97 Å². The average Bonchev–Trinajstić information content (AvgIpc) is 3.00. The summed E-state index contributed by atoms with van der Waals surface area (Å²) in [5, 5.41) is 4.75. The van der Waals surface area contributed by atoms with Crippen molar-refractivity contribution < 1.29 is 14.3 Å². The molecular weight excluding hydrogens is 486 g/mol. The quantitative estimate of drug-likeness (QED) is 0.247. The van der Waals surface area contributed by atoms with E-state index in [0.717, 1.165) is 27.6 Å². The molecule has 6 aromatic rings. The van der Waals surface area contributed by atoms with Crippen LogP contribution in [0.25, 0.3) is 44.3 Å². The summed E-state index contributed by atoms with van der Waals surface area (Å²) in [6, 6.07) is 38.1. The van der Waals surface area contributed by atoms with Gasteiger partial charge in [0.25, 0.3) is 5.91 Å². The van der Waals surface area contributed by atoms with Gasteiger partial charge in [0.2, 0.25) is 0 Å². The highest BCUT2D eigenvalue weighted by atomic mass is 16.5. The Morgan fingerprint density at radius 3 is 1.97 bits per heavy atom. The van der Waals surface area contributed by atoms with E-state index in [2.05, 4.69) is 5.32 Å². The Kier molecular flexibility index (Phi) is 6.50. The zero-order valence-electron chi connectivity index (χ0n) is 20.9. The third-order valence-electron chi connectivity index (χ3n) is 6.39. The molecule has 0 atom stereocenters. The van der Waals surface area contributed by atoms with Crippen molar-refractivity contribution in [1.82, 2.24) is 9.97 Å². The Hall–Kier alpha value is -5.36. The van der Waals surface area contributed by atoms with Crippen molar-refractivity contribution in [3.63, 3.8) is 0 Å². The molecule has 0 radical (unpaired) electrons. The summed E-state index contributed by atoms with van der Waals surface area (Å²) in [5.41, 5.74) is 5.51. The highest BCUT2D eigenvalue weighted by Gasteiger charge is 2.16. The van der Waals surface area contributed by atoms with E-state index in [1.165, 1.54) is 0 Å². The van der Waals surface area contributed by atoms with Crippen LogP contribution in [0.2, 0.25) is 0 Å². The number of hydrogen-bond donors (Lipinski definition) is 1. The molecule has 1 heterocycles. The second-order valence-corrected chi connectivity index (χ2v) is 9.01. The number of hydrogen-bond acceptors (Lipinski definition) is 5. The first kappa shape index (κ1) is 24.0. The Morgan fingerprint density at radius 2 is 1.26 bits per heavy atom. The van der Waals surface area contributed by atoms with Crippen LogP contribution in [0.15, 0.2) is 121 Å². The van der Waals surface area contributed by atoms with Gasteiger partial charge < -0.3 is 10.1 Å². The van der Waals surface area contributed by atoms with Gasteiger partial charge in [0, 0.05) is 22.2 Å². The number of benzene rings is 5. The first-order chi connectivity index (χ1) is 19.2. The summed E-state index contributed by atoms with van der Waals surface area (Å²) < 4.78 is 5.33. The minimum absolute atomic E-state index is 0.293. The number of nitrogens with one attached hydrogen (secondary N) is 1. The van der Waals surface area contributed by atoms with Crippen molar-refractivity contribution in [2.24, 2.45) is 0 Å². The molecule has 0 aliphatic rings. The Bertz CT molecular complexity index is 1810. The number of carbonyl (C=O) groups is 2. The van der Waals surface area contributed by atoms with Crippen LogP contribution in [0.1, 0.15) is 10.4 Å². The number of fused-ring (bicyclic) bond motifs is 2. The van der Waals surface area contributed by atoms with Crippen LogP contribution in [0.3, 0.4) is 0 Å². The molecule has 1 amide bonds. The van der Waals surface area contributed by atoms with Gasteiger partial charge in [-0.15, -0.1) is 0 Å². The van der Waals surface area contributed by atoms with E-state index < -0.39 is 18.5 Å². The largest absolute Gasteiger partial charge is 0.452 e. The highest BCUT2D eigenvalue weighted by Crippen LogP contribution is 2.31. The fraction of sp³-hybridized carbons (Fsp3) is 0.0303. The van der Waals surface area contributed by atoms with Gasteiger partial charge in [0.05, 0.1) is 28.0 Å². The first-order valence-electron chi connectivity index (χ1n) is 12.5. The molecule has 5 aromatic carbocycles. The fourth-order valence-electron chi connectivity index (χ4n) is 4.51. The molecule has 0 aliphatic heterocycles. The van der Waals surface area contributed by atoms with Gasteiger partial charge in [-0.25, -0.2) is 14.8 Å². The van der Waals surface area contributed by atoms with Crippen LogP contribution in [0.5, 0.6) is 0 Å². The maximum absolute atomic E-state index is 12.9. The molecule has 39 heavy (non-hydrogen) atoms. The number of nitrogens with zero attached hydrogens (tertiary/aromatic N) is 2. The summed E-state index contributed by atoms with van der Waals surface area (Å²) in [4.78, 5) is 35.2. The van der Waals surface area contributed by atoms with Crippen molar-refractivity contribution in [3.05, 3.63) is 127 Å². The Balaban J connectivity index is 1.24. The lowest BCUT2D eigenvalue weighted by atomic mass is 10.0. The second-order valence-electron chi connectivity index (χ2n) is 9.01. The maximum atomic E-state index is 12.9. The van der Waals surface area contributed by atoms with Crippen LogP contribution in [0, 0.1) is 0 Å². The van der Waals surface area contributed by atoms with Gasteiger partial charge in [-0.2, -0.15) is 0 Å². The number of rotatable bonds is 6. The van der Waals surface area contributed by atoms with Crippen LogP contribution in [0.4, 0.5) is 5.69 Å². The van der Waals surface area contributed by atoms with Gasteiger partial charge in [-0.1, -0.05) is 97.1 Å². The van der Waals surface area contributed by atoms with E-state index in [9.17, 15) is 9.59 Å². The Morgan fingerprint density at radius 1 is 0.641 bits per heavy atom. The smallest absolute Gasteiger partial charge is 0.338 e. The third-order valence-corrected chi connectivity index (χ3v) is 6.39. The van der Waals surface area contributed by atoms with E-state index in [4.69, 9.17) is 14.7 Å². The van der Waals surface area contributed by atoms with Crippen molar-refractivity contribution in [1.29, 1.82) is 0 Å². The topological polar surface area (TPSA) is 81.2 Å². The zero-order chi connectivity index (χ0) is 26.6. The van der Waals surface area contributed by atoms with Crippen LogP contribution in [-0.2, 0) is 9.53 Å². The number of carbonyl (C=O) groups excluding carboxylic acids is 2. The number of esters is 1. The molecule has 1 aromatic heterocycles. The molecule has 6 heteroatoms. The molecule has 6 rings (SSSR count). The van der Waals surface area contributed by atoms with Crippen molar-refractivity contribution in [2.45, 2.75) is 0 Å². The number of anilines is 1. The normalized spacial score (nSPS) is 10.9. The molecule has 188 valence electrons. The van der Waals surface area contributed by atoms with E-state index >= 15 is 0 Å². The number of ether oxygens (including phenoxy) is 1. The van der Waals surface area contributed by atoms with Crippen molar-refractivity contribution in [2.75, 3.05) is 11.9 Å². The van der Waals surface area contributed by atoms with Crippen LogP contribution < -0.4 is 5.32 Å². The van der Waals surface area contributed by atoms with Gasteiger partial charge in [-0.05, 0) is 29.7 Å². The standard InChI is InChI=1S/C33H23N3O3/c37-30(34-27-17-9-15-22-10-7-8-16-26(22)27)21-39-33(38)25-18-19-28-29(20-25)36-32(24-13-5-2-6-14-24)31(35-28)23-11-3-1-4-12-23/h1-20H,21H2,(H,34,37). The summed E-state index contributed by atoms with van der Waals surface area (Å²) >= 11 is 0. The second kappa shape index (κ2) is 10.6. The van der Waals surface area contributed by atoms with Gasteiger partial charge in [-0.3, -0.25) is 4.79 Å². The molecule has 0 saturated heterocycles. The molecule has 1 N–H and O–H groups in total. The van der Waals surface area contributed by atoms with E-state index in [1.54, 1.807) is 18.2 Å². The van der Waals surface area contributed by atoms with E-state index in [0.29, 0.717) is 28.0 Å². The van der Waals surface area contributed by atoms with Crippen molar-refractivity contribution in [3.8, 4) is 22.5 Å². The van der Waals surface area contributed by atoms with Crippen molar-refractivity contribution >= 4 is 39.4 Å². The molecular formula is C33H23N3O3. The predicted molar refractivity (Wildman–Crippen MR) is 153 cm³/mol. The van der Waals surface area contributed by atoms with Crippen LogP contribution in [-0.4, -0.2) is 28.5 Å². The zero-order valence-corrected chi connectivity index (χ0v) is 20.9. The van der Waals surface area contributed by atoms with E-state index in [1.807, 2.05) is 103 Å². The lowest BCUT2D eigenvalue weighted by Crippen LogP contribution is -2.21. The SMILES string of the molecule is O=C(COC(=O)c1ccc2nc(-c3ccccc3)c(-c3ccccc3)nc2c1)Nc1cccc2ccccc12. The molecule has 0 spiro atoms. The van der Waals surface area contributed by atoms with Gasteiger partial charge in [0.1, 0.15) is 0 Å². The lowest BCUT2D eigenvalue weighted by Gasteiger charge is -2.12. The molecule has 0 fully saturated rings. The summed E-state index contributed by atoms with van der Waals surface area (Å²) in [7, 11) is 0. The van der Waals surface area contributed by atoms with E-state index in [-0.39, 0.29) is 0 Å². The summed E-state index contributed by atoms with van der Waals surface area (Å²) in [6.07, 6.45) is 0. The molecule has 6 nitrogen and oxygen atoms in total. The minimum atomic E-state index is -0.611. The predicted octanol–water partition coefficient (Wildman–Crippen LogP) is 6.91. The summed E-state index contributed by atoms with van der Waals surface area (Å²) in [6.45, 7) is -0.409. The first-order valence-corrected chi connectivity index (χ1v) is 12.5. The minimum Gasteiger partial charge on any atom is -0.452 e. The highest BCUT2D eigenvalue weighted by molar-refractivity contribution is 6.03. The lowest BCUT2D eigenvalue weighted by molar-refractivity contribution is -0.119. The number of aromatic nitrogens is 2. The fourth-order valence-corrected chi connectivity index (χ4v) is 4.51. The molecule has 0 saturated carbocycles. The molecule has 0 bridgehead atoms. The van der Waals surface area contributed by atoms with Crippen LogP contribution >= 0.6 is 0 Å². The summed E-state index contributed by atoms with van der Waals surface area (Å²) in [5.74, 6) is -1.03. The third kappa shape index (κ3) is 5.08. The Labute approximate surface area is 224 Å². The van der Waals surface area contributed by atoms with Gasteiger partial charge in [0.15, 0.2) is 6.61 Å².